The molecule has 8 nitrogen and oxygen atoms in total. The van der Waals surface area contributed by atoms with Crippen LogP contribution < -0.4 is 10.6 Å². The lowest BCUT2D eigenvalue weighted by atomic mass is 10.5. The van der Waals surface area contributed by atoms with Crippen molar-refractivity contribution >= 4 is 23.8 Å². The first-order valence-electron chi connectivity index (χ1n) is 4.82. The number of aromatic nitrogens is 2. The SMILES string of the molecule is O=C(CN1C(=O)CNC1=O)Nc1ncccn1. The molecule has 1 saturated heterocycles. The Balaban J connectivity index is 1.94. The average Bonchev–Trinajstić information content (AvgIpc) is 2.62. The highest BCUT2D eigenvalue weighted by atomic mass is 16.2. The molecule has 4 amide bonds. The molecular weight excluding hydrogens is 226 g/mol. The van der Waals surface area contributed by atoms with Crippen molar-refractivity contribution in [3.8, 4) is 0 Å². The summed E-state index contributed by atoms with van der Waals surface area (Å²) in [4.78, 5) is 42.3. The van der Waals surface area contributed by atoms with Crippen LogP contribution in [0.5, 0.6) is 0 Å². The number of anilines is 1. The zero-order chi connectivity index (χ0) is 12.3. The van der Waals surface area contributed by atoms with E-state index in [4.69, 9.17) is 0 Å². The van der Waals surface area contributed by atoms with E-state index in [2.05, 4.69) is 20.6 Å². The van der Waals surface area contributed by atoms with E-state index in [1.54, 1.807) is 6.07 Å². The molecule has 0 aromatic carbocycles. The standard InChI is InChI=1S/C9H9N5O3/c15-6(13-8-10-2-1-3-11-8)5-14-7(16)4-12-9(14)17/h1-3H,4-5H2,(H,12,17)(H,10,11,13,15). The monoisotopic (exact) mass is 235 g/mol. The van der Waals surface area contributed by atoms with Crippen LogP contribution in [0.15, 0.2) is 18.5 Å². The van der Waals surface area contributed by atoms with Crippen LogP contribution in [0.25, 0.3) is 0 Å². The van der Waals surface area contributed by atoms with Gasteiger partial charge in [0.2, 0.25) is 11.9 Å². The van der Waals surface area contributed by atoms with Gasteiger partial charge in [-0.3, -0.25) is 19.8 Å². The maximum atomic E-state index is 11.5. The molecule has 0 bridgehead atoms. The summed E-state index contributed by atoms with van der Waals surface area (Å²) >= 11 is 0. The van der Waals surface area contributed by atoms with E-state index < -0.39 is 17.8 Å². The third kappa shape index (κ3) is 2.54. The lowest BCUT2D eigenvalue weighted by Crippen LogP contribution is -2.38. The summed E-state index contributed by atoms with van der Waals surface area (Å²) < 4.78 is 0. The highest BCUT2D eigenvalue weighted by molar-refractivity contribution is 6.05. The molecule has 0 aliphatic carbocycles. The van der Waals surface area contributed by atoms with Crippen molar-refractivity contribution in [1.82, 2.24) is 20.2 Å². The van der Waals surface area contributed by atoms with Gasteiger partial charge in [0.05, 0.1) is 6.54 Å². The molecule has 2 rings (SSSR count). The molecule has 0 atom stereocenters. The molecule has 1 aromatic heterocycles. The fourth-order valence-corrected chi connectivity index (χ4v) is 1.29. The number of carbonyl (C=O) groups is 3. The van der Waals surface area contributed by atoms with E-state index in [1.807, 2.05) is 0 Å². The number of nitrogens with zero attached hydrogens (tertiary/aromatic N) is 3. The van der Waals surface area contributed by atoms with Crippen molar-refractivity contribution in [3.63, 3.8) is 0 Å². The highest BCUT2D eigenvalue weighted by Crippen LogP contribution is 2.00. The predicted molar refractivity (Wildman–Crippen MR) is 55.8 cm³/mol. The van der Waals surface area contributed by atoms with Gasteiger partial charge in [-0.2, -0.15) is 0 Å². The Labute approximate surface area is 96.0 Å². The van der Waals surface area contributed by atoms with Gasteiger partial charge in [0.1, 0.15) is 6.54 Å². The minimum Gasteiger partial charge on any atom is -0.329 e. The van der Waals surface area contributed by atoms with Gasteiger partial charge in [0, 0.05) is 12.4 Å². The van der Waals surface area contributed by atoms with Gasteiger partial charge in [0.15, 0.2) is 0 Å². The summed E-state index contributed by atoms with van der Waals surface area (Å²) in [6.45, 7) is -0.420. The second-order valence-corrected chi connectivity index (χ2v) is 3.26. The normalized spacial score (nSPS) is 14.7. The van der Waals surface area contributed by atoms with Gasteiger partial charge < -0.3 is 5.32 Å². The summed E-state index contributed by atoms with van der Waals surface area (Å²) in [5.74, 6) is -0.828. The summed E-state index contributed by atoms with van der Waals surface area (Å²) in [5, 5.41) is 4.69. The van der Waals surface area contributed by atoms with E-state index in [-0.39, 0.29) is 19.0 Å². The molecule has 0 unspecified atom stereocenters. The van der Waals surface area contributed by atoms with Crippen LogP contribution >= 0.6 is 0 Å². The zero-order valence-electron chi connectivity index (χ0n) is 8.71. The van der Waals surface area contributed by atoms with Gasteiger partial charge >= 0.3 is 6.03 Å². The number of rotatable bonds is 3. The van der Waals surface area contributed by atoms with Crippen molar-refractivity contribution in [2.45, 2.75) is 0 Å². The van der Waals surface area contributed by atoms with Gasteiger partial charge in [-0.25, -0.2) is 14.8 Å². The minimum absolute atomic E-state index is 0.0754. The number of imide groups is 1. The predicted octanol–water partition coefficient (Wildman–Crippen LogP) is -1.03. The lowest BCUT2D eigenvalue weighted by molar-refractivity contribution is -0.128. The topological polar surface area (TPSA) is 104 Å². The smallest absolute Gasteiger partial charge is 0.325 e. The number of amides is 4. The number of carbonyl (C=O) groups excluding carboxylic acids is 3. The lowest BCUT2D eigenvalue weighted by Gasteiger charge is -2.11. The minimum atomic E-state index is -0.570. The molecule has 1 fully saturated rings. The fourth-order valence-electron chi connectivity index (χ4n) is 1.29. The number of nitrogens with one attached hydrogen (secondary N) is 2. The second kappa shape index (κ2) is 4.56. The van der Waals surface area contributed by atoms with Crippen molar-refractivity contribution in [2.24, 2.45) is 0 Å². The van der Waals surface area contributed by atoms with Crippen molar-refractivity contribution < 1.29 is 14.4 Å². The molecule has 17 heavy (non-hydrogen) atoms. The molecule has 2 N–H and O–H groups in total. The van der Waals surface area contributed by atoms with Gasteiger partial charge in [-0.05, 0) is 6.07 Å². The molecule has 88 valence electrons. The van der Waals surface area contributed by atoms with E-state index in [0.717, 1.165) is 4.90 Å². The summed E-state index contributed by atoms with van der Waals surface area (Å²) in [6, 6.07) is 1.03. The Hall–Kier alpha value is -2.51. The summed E-state index contributed by atoms with van der Waals surface area (Å²) in [5.41, 5.74) is 0. The Bertz CT molecular complexity index is 445. The summed E-state index contributed by atoms with van der Waals surface area (Å²) in [6.07, 6.45) is 2.94. The Morgan fingerprint density at radius 1 is 1.41 bits per heavy atom. The van der Waals surface area contributed by atoms with Gasteiger partial charge in [-0.1, -0.05) is 0 Å². The Morgan fingerprint density at radius 2 is 2.12 bits per heavy atom. The second-order valence-electron chi connectivity index (χ2n) is 3.26. The Morgan fingerprint density at radius 3 is 2.71 bits per heavy atom. The van der Waals surface area contributed by atoms with Gasteiger partial charge in [0.25, 0.3) is 5.91 Å². The van der Waals surface area contributed by atoms with E-state index in [9.17, 15) is 14.4 Å². The number of hydrogen-bond donors (Lipinski definition) is 2. The van der Waals surface area contributed by atoms with Gasteiger partial charge in [-0.15, -0.1) is 0 Å². The molecule has 0 radical (unpaired) electrons. The maximum Gasteiger partial charge on any atom is 0.325 e. The number of hydrogen-bond acceptors (Lipinski definition) is 5. The summed E-state index contributed by atoms with van der Waals surface area (Å²) in [7, 11) is 0. The maximum absolute atomic E-state index is 11.5. The zero-order valence-corrected chi connectivity index (χ0v) is 8.71. The molecule has 0 spiro atoms. The quantitative estimate of drug-likeness (QED) is 0.651. The van der Waals surface area contributed by atoms with E-state index in [1.165, 1.54) is 12.4 Å². The molecule has 8 heteroatoms. The van der Waals surface area contributed by atoms with Crippen LogP contribution in [0.1, 0.15) is 0 Å². The van der Waals surface area contributed by atoms with Crippen molar-refractivity contribution in [2.75, 3.05) is 18.4 Å². The molecule has 1 aliphatic heterocycles. The van der Waals surface area contributed by atoms with Crippen LogP contribution in [0.2, 0.25) is 0 Å². The van der Waals surface area contributed by atoms with Crippen LogP contribution in [0.3, 0.4) is 0 Å². The first-order valence-corrected chi connectivity index (χ1v) is 4.82. The van der Waals surface area contributed by atoms with E-state index in [0.29, 0.717) is 0 Å². The average molecular weight is 235 g/mol. The molecule has 1 aromatic rings. The fraction of sp³-hybridized carbons (Fsp3) is 0.222. The molecular formula is C9H9N5O3. The van der Waals surface area contributed by atoms with Crippen LogP contribution in [-0.4, -0.2) is 45.8 Å². The third-order valence-corrected chi connectivity index (χ3v) is 2.06. The molecule has 2 heterocycles. The van der Waals surface area contributed by atoms with Crippen molar-refractivity contribution in [3.05, 3.63) is 18.5 Å². The van der Waals surface area contributed by atoms with Crippen LogP contribution in [-0.2, 0) is 9.59 Å². The third-order valence-electron chi connectivity index (χ3n) is 2.06. The number of urea groups is 1. The Kier molecular flexibility index (Phi) is 2.95. The first-order chi connectivity index (χ1) is 8.16. The van der Waals surface area contributed by atoms with Crippen LogP contribution in [0.4, 0.5) is 10.7 Å². The molecule has 1 aliphatic rings. The highest BCUT2D eigenvalue weighted by Gasteiger charge is 2.30. The van der Waals surface area contributed by atoms with Crippen LogP contribution in [0, 0.1) is 0 Å². The van der Waals surface area contributed by atoms with Crippen molar-refractivity contribution in [1.29, 1.82) is 0 Å². The largest absolute Gasteiger partial charge is 0.329 e. The van der Waals surface area contributed by atoms with E-state index >= 15 is 0 Å². The molecule has 0 saturated carbocycles. The first kappa shape index (κ1) is 11.0.